The second kappa shape index (κ2) is 4.63. The molecule has 0 fully saturated rings. The number of nitrogens with zero attached hydrogens (tertiary/aromatic N) is 2. The van der Waals surface area contributed by atoms with Gasteiger partial charge in [0.05, 0.1) is 17.4 Å². The summed E-state index contributed by atoms with van der Waals surface area (Å²) in [7, 11) is 0. The first-order valence-electron chi connectivity index (χ1n) is 5.71. The minimum absolute atomic E-state index is 0.134. The van der Waals surface area contributed by atoms with Gasteiger partial charge in [0.15, 0.2) is 0 Å². The second-order valence-corrected chi connectivity index (χ2v) is 4.41. The van der Waals surface area contributed by atoms with Crippen LogP contribution in [-0.4, -0.2) is 10.2 Å². The van der Waals surface area contributed by atoms with Crippen LogP contribution in [0.4, 0.5) is 0 Å². The normalized spacial score (nSPS) is 12.5. The van der Waals surface area contributed by atoms with Crippen molar-refractivity contribution in [3.63, 3.8) is 0 Å². The zero-order valence-electron chi connectivity index (χ0n) is 10.4. The zero-order chi connectivity index (χ0) is 12.4. The summed E-state index contributed by atoms with van der Waals surface area (Å²) in [6, 6.07) is 10.2. The van der Waals surface area contributed by atoms with Gasteiger partial charge in [0.25, 0.3) is 0 Å². The molecule has 1 aromatic carbocycles. The first kappa shape index (κ1) is 11.7. The van der Waals surface area contributed by atoms with Gasteiger partial charge < -0.3 is 5.73 Å². The Hall–Kier alpha value is -1.74. The summed E-state index contributed by atoms with van der Waals surface area (Å²) < 4.78 is 0. The molecule has 1 heterocycles. The summed E-state index contributed by atoms with van der Waals surface area (Å²) in [4.78, 5) is 0. The molecule has 2 N–H and O–H groups in total. The third kappa shape index (κ3) is 2.50. The van der Waals surface area contributed by atoms with Crippen LogP contribution in [0.1, 0.15) is 34.1 Å². The molecule has 1 atom stereocenters. The topological polar surface area (TPSA) is 51.8 Å². The number of hydrogen-bond acceptors (Lipinski definition) is 3. The summed E-state index contributed by atoms with van der Waals surface area (Å²) in [5.74, 6) is 0. The Morgan fingerprint density at radius 2 is 1.65 bits per heavy atom. The van der Waals surface area contributed by atoms with Crippen LogP contribution in [0.5, 0.6) is 0 Å². The van der Waals surface area contributed by atoms with Crippen LogP contribution in [0, 0.1) is 20.8 Å². The second-order valence-electron chi connectivity index (χ2n) is 4.41. The van der Waals surface area contributed by atoms with Crippen LogP contribution in [-0.2, 0) is 0 Å². The van der Waals surface area contributed by atoms with Crippen LogP contribution < -0.4 is 5.73 Å². The molecular weight excluding hydrogens is 210 g/mol. The van der Waals surface area contributed by atoms with Gasteiger partial charge in [-0.2, -0.15) is 10.2 Å². The monoisotopic (exact) mass is 227 g/mol. The zero-order valence-corrected chi connectivity index (χ0v) is 10.4. The maximum Gasteiger partial charge on any atom is 0.0651 e. The van der Waals surface area contributed by atoms with Crippen LogP contribution in [0.2, 0.25) is 0 Å². The lowest BCUT2D eigenvalue weighted by Crippen LogP contribution is -2.14. The SMILES string of the molecule is Cc1ccc(C(N)c2cc(C)nnc2C)cc1. The first-order chi connectivity index (χ1) is 8.08. The molecule has 0 saturated carbocycles. The number of hydrogen-bond donors (Lipinski definition) is 1. The summed E-state index contributed by atoms with van der Waals surface area (Å²) in [6.07, 6.45) is 0. The Morgan fingerprint density at radius 1 is 1.00 bits per heavy atom. The van der Waals surface area contributed by atoms with E-state index in [1.54, 1.807) is 0 Å². The van der Waals surface area contributed by atoms with Crippen molar-refractivity contribution in [3.05, 3.63) is 58.4 Å². The van der Waals surface area contributed by atoms with Gasteiger partial charge in [0.2, 0.25) is 0 Å². The maximum atomic E-state index is 6.27. The highest BCUT2D eigenvalue weighted by Gasteiger charge is 2.12. The van der Waals surface area contributed by atoms with E-state index in [-0.39, 0.29) is 6.04 Å². The van der Waals surface area contributed by atoms with Gasteiger partial charge in [-0.05, 0) is 38.0 Å². The van der Waals surface area contributed by atoms with Crippen molar-refractivity contribution in [2.45, 2.75) is 26.8 Å². The maximum absolute atomic E-state index is 6.27. The molecule has 0 spiro atoms. The largest absolute Gasteiger partial charge is 0.320 e. The fraction of sp³-hybridized carbons (Fsp3) is 0.286. The van der Waals surface area contributed by atoms with E-state index >= 15 is 0 Å². The van der Waals surface area contributed by atoms with Crippen molar-refractivity contribution in [1.29, 1.82) is 0 Å². The number of nitrogens with two attached hydrogens (primary N) is 1. The smallest absolute Gasteiger partial charge is 0.0651 e. The van der Waals surface area contributed by atoms with E-state index in [0.29, 0.717) is 0 Å². The first-order valence-corrected chi connectivity index (χ1v) is 5.71. The average Bonchev–Trinajstić information content (AvgIpc) is 2.32. The van der Waals surface area contributed by atoms with Crippen molar-refractivity contribution in [2.24, 2.45) is 5.73 Å². The number of benzene rings is 1. The molecular formula is C14H17N3. The standard InChI is InChI=1S/C14H17N3/c1-9-4-6-12(7-5-9)14(15)13-8-10(2)16-17-11(13)3/h4-8,14H,15H2,1-3H3. The lowest BCUT2D eigenvalue weighted by Gasteiger charge is -2.14. The van der Waals surface area contributed by atoms with E-state index in [1.807, 2.05) is 19.9 Å². The molecule has 2 aromatic rings. The van der Waals surface area contributed by atoms with Gasteiger partial charge in [0, 0.05) is 0 Å². The van der Waals surface area contributed by atoms with Gasteiger partial charge in [-0.3, -0.25) is 0 Å². The lowest BCUT2D eigenvalue weighted by atomic mass is 9.98. The van der Waals surface area contributed by atoms with Crippen molar-refractivity contribution in [2.75, 3.05) is 0 Å². The van der Waals surface area contributed by atoms with E-state index in [0.717, 1.165) is 22.5 Å². The Balaban J connectivity index is 2.39. The highest BCUT2D eigenvalue weighted by Crippen LogP contribution is 2.21. The van der Waals surface area contributed by atoms with Gasteiger partial charge in [-0.15, -0.1) is 0 Å². The summed E-state index contributed by atoms with van der Waals surface area (Å²) >= 11 is 0. The fourth-order valence-corrected chi connectivity index (χ4v) is 1.84. The van der Waals surface area contributed by atoms with Crippen molar-refractivity contribution >= 4 is 0 Å². The minimum atomic E-state index is -0.134. The van der Waals surface area contributed by atoms with Crippen molar-refractivity contribution in [3.8, 4) is 0 Å². The Morgan fingerprint density at radius 3 is 2.29 bits per heavy atom. The molecule has 0 aliphatic carbocycles. The quantitative estimate of drug-likeness (QED) is 0.857. The molecule has 1 aromatic heterocycles. The molecule has 0 radical (unpaired) electrons. The Labute approximate surface area is 102 Å². The third-order valence-electron chi connectivity index (χ3n) is 2.91. The van der Waals surface area contributed by atoms with Gasteiger partial charge in [-0.1, -0.05) is 29.8 Å². The van der Waals surface area contributed by atoms with E-state index in [1.165, 1.54) is 5.56 Å². The number of aromatic nitrogens is 2. The average molecular weight is 227 g/mol. The van der Waals surface area contributed by atoms with E-state index in [4.69, 9.17) is 5.73 Å². The molecule has 0 bridgehead atoms. The molecule has 3 heteroatoms. The van der Waals surface area contributed by atoms with Gasteiger partial charge in [-0.25, -0.2) is 0 Å². The van der Waals surface area contributed by atoms with Crippen molar-refractivity contribution < 1.29 is 0 Å². The van der Waals surface area contributed by atoms with Gasteiger partial charge >= 0.3 is 0 Å². The fourth-order valence-electron chi connectivity index (χ4n) is 1.84. The third-order valence-corrected chi connectivity index (χ3v) is 2.91. The van der Waals surface area contributed by atoms with Crippen LogP contribution in [0.3, 0.4) is 0 Å². The molecule has 0 aliphatic rings. The molecule has 0 amide bonds. The highest BCUT2D eigenvalue weighted by atomic mass is 15.1. The molecule has 17 heavy (non-hydrogen) atoms. The van der Waals surface area contributed by atoms with Crippen LogP contribution >= 0.6 is 0 Å². The highest BCUT2D eigenvalue weighted by molar-refractivity contribution is 5.34. The Bertz CT molecular complexity index is 517. The number of rotatable bonds is 2. The molecule has 0 saturated heterocycles. The summed E-state index contributed by atoms with van der Waals surface area (Å²) in [6.45, 7) is 5.94. The molecule has 0 aliphatic heterocycles. The lowest BCUT2D eigenvalue weighted by molar-refractivity contribution is 0.813. The van der Waals surface area contributed by atoms with Crippen molar-refractivity contribution in [1.82, 2.24) is 10.2 Å². The molecule has 1 unspecified atom stereocenters. The minimum Gasteiger partial charge on any atom is -0.320 e. The molecule has 88 valence electrons. The summed E-state index contributed by atoms with van der Waals surface area (Å²) in [5.41, 5.74) is 11.4. The van der Waals surface area contributed by atoms with E-state index < -0.39 is 0 Å². The Kier molecular flexibility index (Phi) is 3.20. The van der Waals surface area contributed by atoms with Crippen LogP contribution in [0.25, 0.3) is 0 Å². The molecule has 3 nitrogen and oxygen atoms in total. The summed E-state index contributed by atoms with van der Waals surface area (Å²) in [5, 5.41) is 8.14. The van der Waals surface area contributed by atoms with E-state index in [2.05, 4.69) is 41.4 Å². The van der Waals surface area contributed by atoms with Crippen LogP contribution in [0.15, 0.2) is 30.3 Å². The van der Waals surface area contributed by atoms with E-state index in [9.17, 15) is 0 Å². The van der Waals surface area contributed by atoms with Gasteiger partial charge in [0.1, 0.15) is 0 Å². The molecule has 2 rings (SSSR count). The number of aryl methyl sites for hydroxylation is 3. The predicted molar refractivity (Wildman–Crippen MR) is 68.7 cm³/mol. The predicted octanol–water partition coefficient (Wildman–Crippen LogP) is 2.45.